The predicted octanol–water partition coefficient (Wildman–Crippen LogP) is 1.06. The van der Waals surface area contributed by atoms with Crippen molar-refractivity contribution in [3.05, 3.63) is 29.8 Å². The summed E-state index contributed by atoms with van der Waals surface area (Å²) in [5.74, 6) is -0.0874. The van der Waals surface area contributed by atoms with Gasteiger partial charge in [-0.25, -0.2) is 0 Å². The Balaban J connectivity index is 1.64. The molecule has 102 valence electrons. The highest BCUT2D eigenvalue weighted by molar-refractivity contribution is 5.94. The van der Waals surface area contributed by atoms with Gasteiger partial charge in [-0.3, -0.25) is 9.59 Å². The van der Waals surface area contributed by atoms with Crippen LogP contribution in [0.25, 0.3) is 0 Å². The standard InChI is InChI=1S/C14H19N3O2/c15-11-4-1-3-10(9-11)14(19)16-8-2-5-13(18)17-12-6-7-12/h1,3-4,9,12H,2,5-8,15H2,(H,16,19)(H,17,18). The zero-order valence-electron chi connectivity index (χ0n) is 10.8. The summed E-state index contributed by atoms with van der Waals surface area (Å²) in [6.07, 6.45) is 3.29. The minimum atomic E-state index is -0.157. The molecule has 5 heteroatoms. The lowest BCUT2D eigenvalue weighted by Gasteiger charge is -2.06. The van der Waals surface area contributed by atoms with Crippen LogP contribution in [0.3, 0.4) is 0 Å². The first-order valence-electron chi connectivity index (χ1n) is 6.58. The number of hydrogen-bond donors (Lipinski definition) is 3. The van der Waals surface area contributed by atoms with E-state index in [4.69, 9.17) is 5.73 Å². The van der Waals surface area contributed by atoms with Crippen LogP contribution in [0.4, 0.5) is 5.69 Å². The van der Waals surface area contributed by atoms with Gasteiger partial charge < -0.3 is 16.4 Å². The van der Waals surface area contributed by atoms with Crippen molar-refractivity contribution >= 4 is 17.5 Å². The van der Waals surface area contributed by atoms with Crippen LogP contribution in [0.15, 0.2) is 24.3 Å². The molecular formula is C14H19N3O2. The number of nitrogen functional groups attached to an aromatic ring is 1. The smallest absolute Gasteiger partial charge is 0.251 e. The van der Waals surface area contributed by atoms with Crippen LogP contribution in [0.1, 0.15) is 36.0 Å². The molecule has 1 saturated carbocycles. The summed E-state index contributed by atoms with van der Waals surface area (Å²) in [6, 6.07) is 7.22. The van der Waals surface area contributed by atoms with Crippen molar-refractivity contribution < 1.29 is 9.59 Å². The third-order valence-electron chi connectivity index (χ3n) is 2.96. The van der Waals surface area contributed by atoms with Crippen LogP contribution in [0.5, 0.6) is 0 Å². The third kappa shape index (κ3) is 4.62. The molecule has 0 atom stereocenters. The van der Waals surface area contributed by atoms with Gasteiger partial charge in [-0.05, 0) is 37.5 Å². The van der Waals surface area contributed by atoms with Gasteiger partial charge in [-0.15, -0.1) is 0 Å². The first kappa shape index (κ1) is 13.4. The molecule has 0 bridgehead atoms. The van der Waals surface area contributed by atoms with Gasteiger partial charge in [0.2, 0.25) is 5.91 Å². The van der Waals surface area contributed by atoms with Crippen molar-refractivity contribution in [2.45, 2.75) is 31.7 Å². The van der Waals surface area contributed by atoms with Crippen molar-refractivity contribution in [3.63, 3.8) is 0 Å². The molecule has 0 saturated heterocycles. The SMILES string of the molecule is Nc1cccc(C(=O)NCCCC(=O)NC2CC2)c1. The number of rotatable bonds is 6. The lowest BCUT2D eigenvalue weighted by atomic mass is 10.2. The molecule has 0 heterocycles. The summed E-state index contributed by atoms with van der Waals surface area (Å²) in [5, 5.41) is 5.69. The van der Waals surface area contributed by atoms with Crippen molar-refractivity contribution in [2.75, 3.05) is 12.3 Å². The molecule has 1 aliphatic carbocycles. The Bertz CT molecular complexity index is 470. The van der Waals surface area contributed by atoms with E-state index in [0.717, 1.165) is 12.8 Å². The zero-order valence-corrected chi connectivity index (χ0v) is 10.8. The number of hydrogen-bond acceptors (Lipinski definition) is 3. The Morgan fingerprint density at radius 2 is 2.11 bits per heavy atom. The molecule has 4 N–H and O–H groups in total. The molecule has 1 aromatic carbocycles. The number of anilines is 1. The van der Waals surface area contributed by atoms with Crippen molar-refractivity contribution in [2.24, 2.45) is 0 Å². The van der Waals surface area contributed by atoms with Crippen LogP contribution in [-0.4, -0.2) is 24.4 Å². The van der Waals surface area contributed by atoms with Gasteiger partial charge in [-0.1, -0.05) is 6.07 Å². The molecule has 19 heavy (non-hydrogen) atoms. The van der Waals surface area contributed by atoms with E-state index < -0.39 is 0 Å². The van der Waals surface area contributed by atoms with Crippen molar-refractivity contribution in [3.8, 4) is 0 Å². The normalized spacial score (nSPS) is 13.9. The number of nitrogens with one attached hydrogen (secondary N) is 2. The summed E-state index contributed by atoms with van der Waals surface area (Å²) < 4.78 is 0. The maximum atomic E-state index is 11.8. The monoisotopic (exact) mass is 261 g/mol. The average Bonchev–Trinajstić information content (AvgIpc) is 3.18. The van der Waals surface area contributed by atoms with Crippen molar-refractivity contribution in [1.82, 2.24) is 10.6 Å². The average molecular weight is 261 g/mol. The van der Waals surface area contributed by atoms with E-state index >= 15 is 0 Å². The quantitative estimate of drug-likeness (QED) is 0.529. The number of benzene rings is 1. The van der Waals surface area contributed by atoms with E-state index in [1.165, 1.54) is 0 Å². The van der Waals surface area contributed by atoms with Crippen LogP contribution >= 0.6 is 0 Å². The lowest BCUT2D eigenvalue weighted by molar-refractivity contribution is -0.121. The van der Waals surface area contributed by atoms with Gasteiger partial charge in [-0.2, -0.15) is 0 Å². The van der Waals surface area contributed by atoms with E-state index in [-0.39, 0.29) is 11.8 Å². The number of carbonyl (C=O) groups is 2. The molecule has 0 aliphatic heterocycles. The van der Waals surface area contributed by atoms with Crippen molar-refractivity contribution in [1.29, 1.82) is 0 Å². The Morgan fingerprint density at radius 1 is 1.32 bits per heavy atom. The molecule has 1 aliphatic rings. The van der Waals surface area contributed by atoms with E-state index in [1.54, 1.807) is 24.3 Å². The first-order valence-corrected chi connectivity index (χ1v) is 6.58. The maximum Gasteiger partial charge on any atom is 0.251 e. The van der Waals surface area contributed by atoms with Crippen LogP contribution < -0.4 is 16.4 Å². The summed E-state index contributed by atoms with van der Waals surface area (Å²) >= 11 is 0. The second-order valence-electron chi connectivity index (χ2n) is 4.83. The number of carbonyl (C=O) groups excluding carboxylic acids is 2. The van der Waals surface area contributed by atoms with Gasteiger partial charge >= 0.3 is 0 Å². The predicted molar refractivity (Wildman–Crippen MR) is 73.6 cm³/mol. The lowest BCUT2D eigenvalue weighted by Crippen LogP contribution is -2.28. The Morgan fingerprint density at radius 3 is 2.79 bits per heavy atom. The Hall–Kier alpha value is -2.04. The third-order valence-corrected chi connectivity index (χ3v) is 2.96. The van der Waals surface area contributed by atoms with E-state index in [1.807, 2.05) is 0 Å². The fourth-order valence-electron chi connectivity index (χ4n) is 1.76. The van der Waals surface area contributed by atoms with Gasteiger partial charge in [0.15, 0.2) is 0 Å². The molecule has 0 unspecified atom stereocenters. The van der Waals surface area contributed by atoms with E-state index in [0.29, 0.717) is 36.7 Å². The summed E-state index contributed by atoms with van der Waals surface area (Å²) in [7, 11) is 0. The maximum absolute atomic E-state index is 11.8. The number of nitrogens with two attached hydrogens (primary N) is 1. The zero-order chi connectivity index (χ0) is 13.7. The molecule has 0 aromatic heterocycles. The molecule has 2 amide bonds. The van der Waals surface area contributed by atoms with Gasteiger partial charge in [0, 0.05) is 30.3 Å². The second-order valence-corrected chi connectivity index (χ2v) is 4.83. The largest absolute Gasteiger partial charge is 0.399 e. The van der Waals surface area contributed by atoms with E-state index in [9.17, 15) is 9.59 Å². The topological polar surface area (TPSA) is 84.2 Å². The van der Waals surface area contributed by atoms with Crippen LogP contribution in [0.2, 0.25) is 0 Å². The van der Waals surface area contributed by atoms with Gasteiger partial charge in [0.05, 0.1) is 0 Å². The highest BCUT2D eigenvalue weighted by atomic mass is 16.2. The minimum absolute atomic E-state index is 0.0701. The van der Waals surface area contributed by atoms with E-state index in [2.05, 4.69) is 10.6 Å². The molecule has 5 nitrogen and oxygen atoms in total. The Kier molecular flexibility index (Phi) is 4.39. The van der Waals surface area contributed by atoms with Crippen LogP contribution in [0, 0.1) is 0 Å². The summed E-state index contributed by atoms with van der Waals surface area (Å²) in [4.78, 5) is 23.2. The molecule has 1 fully saturated rings. The second kappa shape index (κ2) is 6.22. The Labute approximate surface area is 112 Å². The minimum Gasteiger partial charge on any atom is -0.399 e. The fraction of sp³-hybridized carbons (Fsp3) is 0.429. The van der Waals surface area contributed by atoms with Gasteiger partial charge in [0.25, 0.3) is 5.91 Å². The summed E-state index contributed by atoms with van der Waals surface area (Å²) in [5.41, 5.74) is 6.72. The molecular weight excluding hydrogens is 242 g/mol. The molecule has 2 rings (SSSR count). The first-order chi connectivity index (χ1) is 9.15. The highest BCUT2D eigenvalue weighted by Crippen LogP contribution is 2.18. The highest BCUT2D eigenvalue weighted by Gasteiger charge is 2.22. The summed E-state index contributed by atoms with van der Waals surface area (Å²) in [6.45, 7) is 0.492. The molecule has 1 aromatic rings. The number of amides is 2. The van der Waals surface area contributed by atoms with Gasteiger partial charge in [0.1, 0.15) is 0 Å². The fourth-order valence-corrected chi connectivity index (χ4v) is 1.76. The molecule has 0 spiro atoms. The molecule has 0 radical (unpaired) electrons. The van der Waals surface area contributed by atoms with Crippen LogP contribution in [-0.2, 0) is 4.79 Å².